The van der Waals surface area contributed by atoms with E-state index in [9.17, 15) is 13.2 Å². The third kappa shape index (κ3) is 5.97. The normalized spacial score (nSPS) is 12.3. The van der Waals surface area contributed by atoms with E-state index in [-0.39, 0.29) is 18.5 Å². The number of aryl methyl sites for hydroxylation is 1. The Morgan fingerprint density at radius 2 is 1.86 bits per heavy atom. The molecule has 0 fully saturated rings. The maximum Gasteiger partial charge on any atom is 0.241 e. The van der Waals surface area contributed by atoms with Crippen molar-refractivity contribution in [1.82, 2.24) is 5.32 Å². The van der Waals surface area contributed by atoms with Crippen LogP contribution >= 0.6 is 15.9 Å². The third-order valence-corrected chi connectivity index (χ3v) is 6.22. The molecule has 0 spiro atoms. The largest absolute Gasteiger partial charge is 0.494 e. The maximum atomic E-state index is 12.5. The lowest BCUT2D eigenvalue weighted by Gasteiger charge is -2.24. The van der Waals surface area contributed by atoms with Gasteiger partial charge in [-0.1, -0.05) is 28.1 Å². The van der Waals surface area contributed by atoms with Crippen LogP contribution in [0.3, 0.4) is 0 Å². The summed E-state index contributed by atoms with van der Waals surface area (Å²) >= 11 is 3.40. The molecule has 1 unspecified atom stereocenters. The van der Waals surface area contributed by atoms with Crippen molar-refractivity contribution in [1.29, 1.82) is 0 Å². The number of hydrogen-bond acceptors (Lipinski definition) is 4. The summed E-state index contributed by atoms with van der Waals surface area (Å²) in [6.45, 7) is 5.92. The van der Waals surface area contributed by atoms with Crippen LogP contribution in [0.2, 0.25) is 0 Å². The smallest absolute Gasteiger partial charge is 0.241 e. The number of nitrogens with one attached hydrogen (secondary N) is 1. The third-order valence-electron chi connectivity index (χ3n) is 4.19. The molecule has 0 saturated heterocycles. The highest BCUT2D eigenvalue weighted by molar-refractivity contribution is 9.10. The summed E-state index contributed by atoms with van der Waals surface area (Å²) in [6.07, 6.45) is 1.09. The van der Waals surface area contributed by atoms with Crippen molar-refractivity contribution < 1.29 is 17.9 Å². The van der Waals surface area contributed by atoms with Gasteiger partial charge in [0.25, 0.3) is 0 Å². The Kier molecular flexibility index (Phi) is 7.48. The van der Waals surface area contributed by atoms with Gasteiger partial charge in [-0.3, -0.25) is 9.10 Å². The maximum absolute atomic E-state index is 12.5. The molecule has 0 aliphatic rings. The fourth-order valence-electron chi connectivity index (χ4n) is 2.70. The van der Waals surface area contributed by atoms with Gasteiger partial charge in [-0.15, -0.1) is 0 Å². The first kappa shape index (κ1) is 22.2. The zero-order valence-electron chi connectivity index (χ0n) is 16.4. The molecule has 6 nitrogen and oxygen atoms in total. The molecule has 28 heavy (non-hydrogen) atoms. The lowest BCUT2D eigenvalue weighted by Crippen LogP contribution is -2.41. The van der Waals surface area contributed by atoms with Crippen molar-refractivity contribution in [3.8, 4) is 5.75 Å². The van der Waals surface area contributed by atoms with Crippen LogP contribution in [0, 0.1) is 6.92 Å². The number of amides is 1. The van der Waals surface area contributed by atoms with Crippen molar-refractivity contribution in [2.24, 2.45) is 0 Å². The van der Waals surface area contributed by atoms with Gasteiger partial charge in [0.05, 0.1) is 24.6 Å². The van der Waals surface area contributed by atoms with Gasteiger partial charge in [-0.2, -0.15) is 0 Å². The van der Waals surface area contributed by atoms with Crippen molar-refractivity contribution >= 4 is 37.5 Å². The Balaban J connectivity index is 2.12. The number of carbonyl (C=O) groups excluding carboxylic acids is 1. The van der Waals surface area contributed by atoms with E-state index in [1.54, 1.807) is 18.2 Å². The number of anilines is 1. The van der Waals surface area contributed by atoms with E-state index in [1.165, 1.54) is 0 Å². The Bertz CT molecular complexity index is 930. The van der Waals surface area contributed by atoms with E-state index < -0.39 is 10.0 Å². The Labute approximate surface area is 175 Å². The number of benzene rings is 2. The number of ether oxygens (including phenoxy) is 1. The average Bonchev–Trinajstić information content (AvgIpc) is 2.62. The van der Waals surface area contributed by atoms with E-state index in [0.717, 1.165) is 31.9 Å². The first-order valence-corrected chi connectivity index (χ1v) is 11.5. The highest BCUT2D eigenvalue weighted by Crippen LogP contribution is 2.24. The SMILES string of the molecule is CCOc1ccc(C(C)NC(=O)CN(c2ccc(Br)c(C)c2)S(C)(=O)=O)cc1. The molecule has 0 aliphatic carbocycles. The summed E-state index contributed by atoms with van der Waals surface area (Å²) in [6, 6.07) is 12.3. The zero-order chi connectivity index (χ0) is 20.9. The minimum atomic E-state index is -3.61. The van der Waals surface area contributed by atoms with Crippen LogP contribution < -0.4 is 14.4 Å². The van der Waals surface area contributed by atoms with E-state index in [0.29, 0.717) is 12.3 Å². The Hall–Kier alpha value is -2.06. The van der Waals surface area contributed by atoms with E-state index >= 15 is 0 Å². The van der Waals surface area contributed by atoms with E-state index in [2.05, 4.69) is 21.2 Å². The molecule has 2 aromatic rings. The van der Waals surface area contributed by atoms with E-state index in [4.69, 9.17) is 4.74 Å². The van der Waals surface area contributed by atoms with Gasteiger partial charge in [0.1, 0.15) is 12.3 Å². The van der Waals surface area contributed by atoms with E-state index in [1.807, 2.05) is 45.0 Å². The molecule has 152 valence electrons. The second-order valence-corrected chi connectivity index (χ2v) is 9.26. The van der Waals surface area contributed by atoms with Crippen molar-refractivity contribution in [3.05, 3.63) is 58.1 Å². The van der Waals surface area contributed by atoms with Crippen LogP contribution in [0.15, 0.2) is 46.9 Å². The molecule has 8 heteroatoms. The summed E-state index contributed by atoms with van der Waals surface area (Å²) in [5.74, 6) is 0.381. The first-order chi connectivity index (χ1) is 13.1. The molecule has 2 aromatic carbocycles. The van der Waals surface area contributed by atoms with Gasteiger partial charge in [-0.05, 0) is 62.2 Å². The van der Waals surface area contributed by atoms with Gasteiger partial charge in [0.15, 0.2) is 0 Å². The lowest BCUT2D eigenvalue weighted by atomic mass is 10.1. The zero-order valence-corrected chi connectivity index (χ0v) is 18.8. The minimum Gasteiger partial charge on any atom is -0.494 e. The molecule has 0 saturated carbocycles. The van der Waals surface area contributed by atoms with Crippen LogP contribution in [-0.2, 0) is 14.8 Å². The first-order valence-electron chi connectivity index (χ1n) is 8.87. The van der Waals surface area contributed by atoms with Crippen molar-refractivity contribution in [2.75, 3.05) is 23.7 Å². The highest BCUT2D eigenvalue weighted by atomic mass is 79.9. The molecule has 2 rings (SSSR count). The van der Waals surface area contributed by atoms with Crippen LogP contribution in [0.5, 0.6) is 5.75 Å². The standard InChI is InChI=1S/C20H25BrN2O4S/c1-5-27-18-9-6-16(7-10-18)15(3)22-20(24)13-23(28(4,25)26)17-8-11-19(21)14(2)12-17/h6-12,15H,5,13H2,1-4H3,(H,22,24). The summed E-state index contributed by atoms with van der Waals surface area (Å²) in [5.41, 5.74) is 2.24. The summed E-state index contributed by atoms with van der Waals surface area (Å²) in [4.78, 5) is 12.5. The topological polar surface area (TPSA) is 75.7 Å². The summed E-state index contributed by atoms with van der Waals surface area (Å²) in [7, 11) is -3.61. The van der Waals surface area contributed by atoms with Crippen LogP contribution in [0.25, 0.3) is 0 Å². The number of sulfonamides is 1. The molecular weight excluding hydrogens is 444 g/mol. The molecule has 1 N–H and O–H groups in total. The Morgan fingerprint density at radius 3 is 2.39 bits per heavy atom. The number of hydrogen-bond donors (Lipinski definition) is 1. The predicted molar refractivity (Wildman–Crippen MR) is 115 cm³/mol. The number of halogens is 1. The van der Waals surface area contributed by atoms with Gasteiger partial charge >= 0.3 is 0 Å². The predicted octanol–water partition coefficient (Wildman–Crippen LogP) is 3.80. The highest BCUT2D eigenvalue weighted by Gasteiger charge is 2.22. The van der Waals surface area contributed by atoms with Crippen LogP contribution in [0.4, 0.5) is 5.69 Å². The molecule has 0 aromatic heterocycles. The molecule has 1 atom stereocenters. The monoisotopic (exact) mass is 468 g/mol. The molecular formula is C20H25BrN2O4S. The van der Waals surface area contributed by atoms with Gasteiger partial charge in [0.2, 0.25) is 15.9 Å². The van der Waals surface area contributed by atoms with Gasteiger partial charge < -0.3 is 10.1 Å². The molecule has 0 heterocycles. The second kappa shape index (κ2) is 9.43. The summed E-state index contributed by atoms with van der Waals surface area (Å²) < 4.78 is 31.9. The molecule has 0 bridgehead atoms. The average molecular weight is 469 g/mol. The fraction of sp³-hybridized carbons (Fsp3) is 0.350. The van der Waals surface area contributed by atoms with Crippen LogP contribution in [-0.4, -0.2) is 33.7 Å². The lowest BCUT2D eigenvalue weighted by molar-refractivity contribution is -0.120. The van der Waals surface area contributed by atoms with Gasteiger partial charge in [-0.25, -0.2) is 8.42 Å². The second-order valence-electron chi connectivity index (χ2n) is 6.49. The minimum absolute atomic E-state index is 0.267. The molecule has 0 radical (unpaired) electrons. The van der Waals surface area contributed by atoms with Crippen molar-refractivity contribution in [2.45, 2.75) is 26.8 Å². The Morgan fingerprint density at radius 1 is 1.21 bits per heavy atom. The molecule has 1 amide bonds. The van der Waals surface area contributed by atoms with Gasteiger partial charge in [0, 0.05) is 4.47 Å². The number of rotatable bonds is 8. The summed E-state index contributed by atoms with van der Waals surface area (Å²) in [5, 5.41) is 2.85. The quantitative estimate of drug-likeness (QED) is 0.638. The fourth-order valence-corrected chi connectivity index (χ4v) is 3.80. The number of nitrogens with zero attached hydrogens (tertiary/aromatic N) is 1. The molecule has 0 aliphatic heterocycles. The number of carbonyl (C=O) groups is 1. The van der Waals surface area contributed by atoms with Crippen LogP contribution in [0.1, 0.15) is 31.0 Å². The van der Waals surface area contributed by atoms with Crippen molar-refractivity contribution in [3.63, 3.8) is 0 Å².